The first-order chi connectivity index (χ1) is 14.2. The van der Waals surface area contributed by atoms with Crippen LogP contribution in [0.1, 0.15) is 40.0 Å². The summed E-state index contributed by atoms with van der Waals surface area (Å²) in [5, 5.41) is 2.95. The Morgan fingerprint density at radius 3 is 2.53 bits per heavy atom. The number of H-pyrrole nitrogens is 1. The van der Waals surface area contributed by atoms with Gasteiger partial charge in [0.15, 0.2) is 0 Å². The summed E-state index contributed by atoms with van der Waals surface area (Å²) in [5.41, 5.74) is -0.883. The quantitative estimate of drug-likeness (QED) is 0.755. The van der Waals surface area contributed by atoms with E-state index in [9.17, 15) is 14.4 Å². The number of imide groups is 1. The van der Waals surface area contributed by atoms with Gasteiger partial charge >= 0.3 is 6.03 Å². The van der Waals surface area contributed by atoms with Crippen molar-refractivity contribution in [2.45, 2.75) is 45.6 Å². The van der Waals surface area contributed by atoms with E-state index in [1.807, 2.05) is 24.4 Å². The standard InChI is InChI=1S/C22H31N5O3/c1-16-12-21(2,3)15-22(13-16)19(29)27(20(30)24-22)14-18(28)26-10-8-25(9-11-26)17-6-4-5-7-23-17/h4-7,16H,8-15H2,1-3H3,(H,24,30)/p+1/t16-,22+/m0/s1. The van der Waals surface area contributed by atoms with Crippen molar-refractivity contribution in [1.82, 2.24) is 15.1 Å². The molecule has 0 bridgehead atoms. The lowest BCUT2D eigenvalue weighted by atomic mass is 9.64. The number of carbonyl (C=O) groups is 3. The number of pyridine rings is 1. The minimum atomic E-state index is -0.861. The zero-order valence-corrected chi connectivity index (χ0v) is 18.1. The number of anilines is 1. The molecule has 0 unspecified atom stereocenters. The van der Waals surface area contributed by atoms with Crippen LogP contribution in [0.4, 0.5) is 10.6 Å². The fraction of sp³-hybridized carbons (Fsp3) is 0.636. The van der Waals surface area contributed by atoms with E-state index in [1.54, 1.807) is 4.90 Å². The highest BCUT2D eigenvalue weighted by Gasteiger charge is 2.56. The van der Waals surface area contributed by atoms with Crippen LogP contribution in [0, 0.1) is 11.3 Å². The van der Waals surface area contributed by atoms with Crippen molar-refractivity contribution in [3.05, 3.63) is 24.4 Å². The molecule has 1 aromatic heterocycles. The highest BCUT2D eigenvalue weighted by atomic mass is 16.2. The van der Waals surface area contributed by atoms with Gasteiger partial charge in [0.1, 0.15) is 25.2 Å². The fourth-order valence-electron chi connectivity index (χ4n) is 5.66. The Labute approximate surface area is 177 Å². The van der Waals surface area contributed by atoms with E-state index in [4.69, 9.17) is 0 Å². The molecule has 30 heavy (non-hydrogen) atoms. The number of carbonyl (C=O) groups excluding carboxylic acids is 3. The molecule has 1 aliphatic carbocycles. The summed E-state index contributed by atoms with van der Waals surface area (Å²) < 4.78 is 0. The van der Waals surface area contributed by atoms with E-state index >= 15 is 0 Å². The fourth-order valence-corrected chi connectivity index (χ4v) is 5.66. The lowest BCUT2D eigenvalue weighted by molar-refractivity contribution is -0.364. The topological polar surface area (TPSA) is 87.1 Å². The van der Waals surface area contributed by atoms with Crippen molar-refractivity contribution < 1.29 is 19.4 Å². The lowest BCUT2D eigenvalue weighted by Gasteiger charge is -2.43. The number of aromatic amines is 1. The minimum absolute atomic E-state index is 0.0224. The Morgan fingerprint density at radius 1 is 1.17 bits per heavy atom. The smallest absolute Gasteiger partial charge is 0.325 e. The third kappa shape index (κ3) is 3.87. The number of amides is 4. The van der Waals surface area contributed by atoms with Gasteiger partial charge in [-0.2, -0.15) is 0 Å². The average molecular weight is 415 g/mol. The van der Waals surface area contributed by atoms with Crippen LogP contribution in [0.3, 0.4) is 0 Å². The molecule has 1 saturated carbocycles. The van der Waals surface area contributed by atoms with Crippen molar-refractivity contribution in [2.24, 2.45) is 11.3 Å². The van der Waals surface area contributed by atoms with Crippen molar-refractivity contribution >= 4 is 23.7 Å². The number of aromatic nitrogens is 1. The molecule has 4 rings (SSSR count). The third-order valence-corrected chi connectivity index (χ3v) is 6.58. The molecule has 1 spiro atoms. The Morgan fingerprint density at radius 2 is 1.90 bits per heavy atom. The third-order valence-electron chi connectivity index (χ3n) is 6.58. The first-order valence-electron chi connectivity index (χ1n) is 10.8. The number of urea groups is 1. The first kappa shape index (κ1) is 20.6. The predicted molar refractivity (Wildman–Crippen MR) is 112 cm³/mol. The van der Waals surface area contributed by atoms with Crippen molar-refractivity contribution in [1.29, 1.82) is 0 Å². The molecule has 0 aromatic carbocycles. The second-order valence-electron chi connectivity index (χ2n) is 9.87. The Kier molecular flexibility index (Phi) is 5.20. The van der Waals surface area contributed by atoms with Gasteiger partial charge in [-0.1, -0.05) is 26.8 Å². The second kappa shape index (κ2) is 7.56. The number of piperazine rings is 1. The monoisotopic (exact) mass is 414 g/mol. The van der Waals surface area contributed by atoms with E-state index < -0.39 is 11.6 Å². The van der Waals surface area contributed by atoms with Crippen LogP contribution in [0.15, 0.2) is 24.4 Å². The van der Waals surface area contributed by atoms with Gasteiger partial charge in [-0.25, -0.2) is 9.78 Å². The number of nitrogens with one attached hydrogen (secondary N) is 2. The molecule has 2 atom stereocenters. The van der Waals surface area contributed by atoms with Gasteiger partial charge in [0.25, 0.3) is 11.7 Å². The van der Waals surface area contributed by atoms with E-state index in [0.29, 0.717) is 44.9 Å². The lowest BCUT2D eigenvalue weighted by Crippen LogP contribution is -2.55. The normalized spacial score (nSPS) is 28.8. The Balaban J connectivity index is 1.38. The van der Waals surface area contributed by atoms with Gasteiger partial charge in [-0.05, 0) is 36.7 Å². The number of rotatable bonds is 3. The van der Waals surface area contributed by atoms with E-state index in [1.165, 1.54) is 0 Å². The van der Waals surface area contributed by atoms with E-state index in [0.717, 1.165) is 17.1 Å². The number of hydrogen-bond acceptors (Lipinski definition) is 4. The van der Waals surface area contributed by atoms with E-state index in [2.05, 4.69) is 36.0 Å². The highest BCUT2D eigenvalue weighted by molar-refractivity contribution is 6.09. The van der Waals surface area contributed by atoms with Gasteiger partial charge in [0.05, 0.1) is 19.3 Å². The van der Waals surface area contributed by atoms with Gasteiger partial charge in [-0.15, -0.1) is 0 Å². The molecule has 2 N–H and O–H groups in total. The van der Waals surface area contributed by atoms with Crippen molar-refractivity contribution in [2.75, 3.05) is 37.6 Å². The molecule has 1 aromatic rings. The molecule has 4 amide bonds. The average Bonchev–Trinajstić information content (AvgIpc) is 2.90. The van der Waals surface area contributed by atoms with Crippen LogP contribution in [-0.2, 0) is 9.59 Å². The van der Waals surface area contributed by atoms with Crippen LogP contribution in [0.25, 0.3) is 0 Å². The second-order valence-corrected chi connectivity index (χ2v) is 9.87. The summed E-state index contributed by atoms with van der Waals surface area (Å²) in [4.78, 5) is 47.0. The summed E-state index contributed by atoms with van der Waals surface area (Å²) in [5.74, 6) is 0.958. The zero-order chi connectivity index (χ0) is 21.5. The van der Waals surface area contributed by atoms with Crippen LogP contribution in [-0.4, -0.2) is 65.9 Å². The molecule has 162 valence electrons. The minimum Gasteiger partial charge on any atom is -0.333 e. The number of nitrogens with zero attached hydrogens (tertiary/aromatic N) is 3. The number of hydrogen-bond donors (Lipinski definition) is 1. The SMILES string of the molecule is C[C@H]1CC(C)(C)C[C@@]2(C1)NC(=O)N(CC(=O)N1CCN(c3cccc[nH+]3)CC1)C2=O. The van der Waals surface area contributed by atoms with Crippen molar-refractivity contribution in [3.63, 3.8) is 0 Å². The molecule has 8 nitrogen and oxygen atoms in total. The van der Waals surface area contributed by atoms with Gasteiger partial charge < -0.3 is 10.2 Å². The van der Waals surface area contributed by atoms with E-state index in [-0.39, 0.29) is 23.8 Å². The maximum atomic E-state index is 13.2. The predicted octanol–water partition coefficient (Wildman–Crippen LogP) is 1.29. The summed E-state index contributed by atoms with van der Waals surface area (Å²) in [6.07, 6.45) is 4.16. The summed E-state index contributed by atoms with van der Waals surface area (Å²) >= 11 is 0. The van der Waals surface area contributed by atoms with Crippen LogP contribution in [0.5, 0.6) is 0 Å². The molecule has 3 fully saturated rings. The van der Waals surface area contributed by atoms with Crippen LogP contribution >= 0.6 is 0 Å². The van der Waals surface area contributed by atoms with Crippen LogP contribution in [0.2, 0.25) is 0 Å². The maximum absolute atomic E-state index is 13.2. The molecule has 2 aliphatic heterocycles. The molecule has 3 aliphatic rings. The molecule has 8 heteroatoms. The first-order valence-corrected chi connectivity index (χ1v) is 10.8. The zero-order valence-electron chi connectivity index (χ0n) is 18.1. The molecule has 2 saturated heterocycles. The highest BCUT2D eigenvalue weighted by Crippen LogP contribution is 2.46. The summed E-state index contributed by atoms with van der Waals surface area (Å²) in [6, 6.07) is 5.49. The Hall–Kier alpha value is -2.64. The molecule has 3 heterocycles. The van der Waals surface area contributed by atoms with Gasteiger partial charge in [0.2, 0.25) is 5.91 Å². The van der Waals surface area contributed by atoms with Gasteiger partial charge in [0, 0.05) is 6.07 Å². The molecular formula is C22H32N5O3+. The molecule has 0 radical (unpaired) electrons. The molecular weight excluding hydrogens is 382 g/mol. The van der Waals surface area contributed by atoms with Gasteiger partial charge in [-0.3, -0.25) is 19.4 Å². The largest absolute Gasteiger partial charge is 0.333 e. The maximum Gasteiger partial charge on any atom is 0.325 e. The summed E-state index contributed by atoms with van der Waals surface area (Å²) in [7, 11) is 0. The van der Waals surface area contributed by atoms with Crippen molar-refractivity contribution in [3.8, 4) is 0 Å². The summed E-state index contributed by atoms with van der Waals surface area (Å²) in [6.45, 7) is 8.78. The Bertz CT molecular complexity index is 834. The van der Waals surface area contributed by atoms with Crippen LogP contribution < -0.4 is 15.2 Å².